The first-order valence-corrected chi connectivity index (χ1v) is 6.85. The Morgan fingerprint density at radius 3 is 2.50 bits per heavy atom. The molecule has 0 aromatic heterocycles. The largest absolute Gasteiger partial charge is 0.507 e. The molecule has 0 heterocycles. The highest BCUT2D eigenvalue weighted by atomic mass is 16.5. The van der Waals surface area contributed by atoms with Crippen molar-refractivity contribution in [3.63, 3.8) is 0 Å². The van der Waals surface area contributed by atoms with Crippen LogP contribution in [0.3, 0.4) is 0 Å². The first-order valence-electron chi connectivity index (χ1n) is 6.85. The van der Waals surface area contributed by atoms with Gasteiger partial charge in [-0.15, -0.1) is 0 Å². The quantitative estimate of drug-likeness (QED) is 0.657. The van der Waals surface area contributed by atoms with Crippen molar-refractivity contribution in [3.8, 4) is 11.5 Å². The Hall–Kier alpha value is -2.59. The van der Waals surface area contributed by atoms with E-state index in [1.165, 1.54) is 25.3 Å². The number of rotatable bonds is 5. The molecular weight excluding hydrogens is 280 g/mol. The highest BCUT2D eigenvalue weighted by molar-refractivity contribution is 6.10. The predicted molar refractivity (Wildman–Crippen MR) is 85.1 cm³/mol. The Kier molecular flexibility index (Phi) is 4.96. The van der Waals surface area contributed by atoms with Gasteiger partial charge in [-0.1, -0.05) is 35.9 Å². The Morgan fingerprint density at radius 1 is 1.23 bits per heavy atom. The molecule has 0 saturated carbocycles. The van der Waals surface area contributed by atoms with Gasteiger partial charge in [0.2, 0.25) is 0 Å². The lowest BCUT2D eigenvalue weighted by atomic mass is 10.0. The van der Waals surface area contributed by atoms with E-state index in [4.69, 9.17) is 9.84 Å². The summed E-state index contributed by atoms with van der Waals surface area (Å²) in [6.45, 7) is 1.75. The summed E-state index contributed by atoms with van der Waals surface area (Å²) in [5, 5.41) is 19.1. The summed E-state index contributed by atoms with van der Waals surface area (Å²) in [4.78, 5) is 12.3. The first kappa shape index (κ1) is 15.8. The van der Waals surface area contributed by atoms with Crippen molar-refractivity contribution < 1.29 is 19.7 Å². The number of benzene rings is 2. The number of ether oxygens (including phenoxy) is 1. The fraction of sp³-hybridized carbons (Fsp3) is 0.167. The predicted octanol–water partition coefficient (Wildman–Crippen LogP) is 3.10. The minimum absolute atomic E-state index is 0.0862. The highest BCUT2D eigenvalue weighted by Crippen LogP contribution is 2.30. The van der Waals surface area contributed by atoms with Crippen LogP contribution in [-0.2, 0) is 6.61 Å². The number of allylic oxidation sites excluding steroid dienone is 1. The standard InChI is InChI=1S/C18H18O4/c1-12-3-5-13(6-4-12)7-8-15(20)18-16(21)9-14(11-19)10-17(18)22-2/h3-10,19,21H,11H2,1-2H3/b8-7+. The van der Waals surface area contributed by atoms with Crippen LogP contribution in [0.1, 0.15) is 27.0 Å². The smallest absolute Gasteiger partial charge is 0.193 e. The number of methoxy groups -OCH3 is 1. The second-order valence-electron chi connectivity index (χ2n) is 4.96. The van der Waals surface area contributed by atoms with Crippen LogP contribution in [0.15, 0.2) is 42.5 Å². The molecule has 0 atom stereocenters. The van der Waals surface area contributed by atoms with E-state index in [-0.39, 0.29) is 29.5 Å². The molecule has 0 spiro atoms. The summed E-state index contributed by atoms with van der Waals surface area (Å²) in [6, 6.07) is 10.6. The van der Waals surface area contributed by atoms with Crippen LogP contribution in [0.2, 0.25) is 0 Å². The van der Waals surface area contributed by atoms with Gasteiger partial charge in [0.05, 0.1) is 13.7 Å². The zero-order valence-electron chi connectivity index (χ0n) is 12.5. The van der Waals surface area contributed by atoms with E-state index >= 15 is 0 Å². The molecule has 22 heavy (non-hydrogen) atoms. The van der Waals surface area contributed by atoms with Gasteiger partial charge in [0.1, 0.15) is 17.1 Å². The maximum absolute atomic E-state index is 12.3. The number of aromatic hydroxyl groups is 1. The van der Waals surface area contributed by atoms with E-state index in [2.05, 4.69) is 0 Å². The fourth-order valence-electron chi connectivity index (χ4n) is 2.09. The van der Waals surface area contributed by atoms with Gasteiger partial charge in [-0.25, -0.2) is 0 Å². The Balaban J connectivity index is 2.31. The third-order valence-corrected chi connectivity index (χ3v) is 3.29. The molecule has 2 rings (SSSR count). The number of carbonyl (C=O) groups is 1. The molecule has 0 fully saturated rings. The number of hydrogen-bond acceptors (Lipinski definition) is 4. The highest BCUT2D eigenvalue weighted by Gasteiger charge is 2.16. The number of aliphatic hydroxyl groups is 1. The minimum Gasteiger partial charge on any atom is -0.507 e. The lowest BCUT2D eigenvalue weighted by molar-refractivity contribution is 0.104. The third-order valence-electron chi connectivity index (χ3n) is 3.29. The van der Waals surface area contributed by atoms with Crippen molar-refractivity contribution in [2.24, 2.45) is 0 Å². The summed E-state index contributed by atoms with van der Waals surface area (Å²) >= 11 is 0. The summed E-state index contributed by atoms with van der Waals surface area (Å²) in [6.07, 6.45) is 3.07. The maximum Gasteiger partial charge on any atom is 0.193 e. The van der Waals surface area contributed by atoms with Gasteiger partial charge in [0.25, 0.3) is 0 Å². The molecule has 4 nitrogen and oxygen atoms in total. The lowest BCUT2D eigenvalue weighted by Gasteiger charge is -2.10. The van der Waals surface area contributed by atoms with Crippen molar-refractivity contribution >= 4 is 11.9 Å². The van der Waals surface area contributed by atoms with E-state index in [1.54, 1.807) is 6.08 Å². The molecule has 0 radical (unpaired) electrons. The van der Waals surface area contributed by atoms with E-state index < -0.39 is 0 Å². The average molecular weight is 298 g/mol. The number of ketones is 1. The van der Waals surface area contributed by atoms with Crippen LogP contribution in [0.4, 0.5) is 0 Å². The zero-order chi connectivity index (χ0) is 16.1. The van der Waals surface area contributed by atoms with Crippen molar-refractivity contribution in [2.75, 3.05) is 7.11 Å². The number of phenols is 1. The summed E-state index contributed by atoms with van der Waals surface area (Å²) in [5.41, 5.74) is 2.60. The maximum atomic E-state index is 12.3. The molecule has 2 aromatic rings. The van der Waals surface area contributed by atoms with Crippen LogP contribution in [0.5, 0.6) is 11.5 Å². The van der Waals surface area contributed by atoms with Crippen LogP contribution in [0, 0.1) is 6.92 Å². The molecule has 2 aromatic carbocycles. The summed E-state index contributed by atoms with van der Waals surface area (Å²) in [5.74, 6) is -0.330. The lowest BCUT2D eigenvalue weighted by Crippen LogP contribution is -2.01. The normalized spacial score (nSPS) is 10.9. The minimum atomic E-state index is -0.362. The van der Waals surface area contributed by atoms with Crippen molar-refractivity contribution in [3.05, 3.63) is 64.7 Å². The van der Waals surface area contributed by atoms with E-state index in [0.29, 0.717) is 5.56 Å². The molecule has 2 N–H and O–H groups in total. The van der Waals surface area contributed by atoms with Crippen molar-refractivity contribution in [2.45, 2.75) is 13.5 Å². The second-order valence-corrected chi connectivity index (χ2v) is 4.96. The molecule has 0 saturated heterocycles. The van der Waals surface area contributed by atoms with Crippen LogP contribution in [-0.4, -0.2) is 23.1 Å². The number of aliphatic hydroxyl groups excluding tert-OH is 1. The molecular formula is C18H18O4. The van der Waals surface area contributed by atoms with Crippen LogP contribution < -0.4 is 4.74 Å². The fourth-order valence-corrected chi connectivity index (χ4v) is 2.09. The first-order chi connectivity index (χ1) is 10.5. The summed E-state index contributed by atoms with van der Waals surface area (Å²) in [7, 11) is 1.41. The third kappa shape index (κ3) is 3.54. The molecule has 0 aliphatic heterocycles. The van der Waals surface area contributed by atoms with Gasteiger partial charge in [0, 0.05) is 0 Å². The molecule has 114 valence electrons. The van der Waals surface area contributed by atoms with Crippen molar-refractivity contribution in [1.29, 1.82) is 0 Å². The van der Waals surface area contributed by atoms with E-state index in [0.717, 1.165) is 11.1 Å². The Morgan fingerprint density at radius 2 is 1.91 bits per heavy atom. The summed E-state index contributed by atoms with van der Waals surface area (Å²) < 4.78 is 5.13. The number of aryl methyl sites for hydroxylation is 1. The number of phenolic OH excluding ortho intramolecular Hbond substituents is 1. The molecule has 4 heteroatoms. The van der Waals surface area contributed by atoms with Gasteiger partial charge >= 0.3 is 0 Å². The van der Waals surface area contributed by atoms with Gasteiger partial charge in [-0.05, 0) is 36.3 Å². The monoisotopic (exact) mass is 298 g/mol. The van der Waals surface area contributed by atoms with E-state index in [9.17, 15) is 9.90 Å². The number of hydrogen-bond donors (Lipinski definition) is 2. The van der Waals surface area contributed by atoms with Gasteiger partial charge < -0.3 is 14.9 Å². The van der Waals surface area contributed by atoms with Crippen LogP contribution >= 0.6 is 0 Å². The van der Waals surface area contributed by atoms with Gasteiger partial charge in [0.15, 0.2) is 5.78 Å². The topological polar surface area (TPSA) is 66.8 Å². The van der Waals surface area contributed by atoms with Gasteiger partial charge in [-0.3, -0.25) is 4.79 Å². The SMILES string of the molecule is COc1cc(CO)cc(O)c1C(=O)/C=C/c1ccc(C)cc1. The van der Waals surface area contributed by atoms with Crippen molar-refractivity contribution in [1.82, 2.24) is 0 Å². The molecule has 0 aliphatic rings. The molecule has 0 unspecified atom stereocenters. The molecule has 0 amide bonds. The van der Waals surface area contributed by atoms with Crippen LogP contribution in [0.25, 0.3) is 6.08 Å². The Bertz CT molecular complexity index is 700. The second kappa shape index (κ2) is 6.91. The molecule has 0 bridgehead atoms. The number of carbonyl (C=O) groups excluding carboxylic acids is 1. The van der Waals surface area contributed by atoms with E-state index in [1.807, 2.05) is 31.2 Å². The Labute approximate surface area is 129 Å². The average Bonchev–Trinajstić information content (AvgIpc) is 2.53. The van der Waals surface area contributed by atoms with Gasteiger partial charge in [-0.2, -0.15) is 0 Å². The molecule has 0 aliphatic carbocycles. The zero-order valence-corrected chi connectivity index (χ0v) is 12.5.